The molecule has 0 amide bonds. The maximum Gasteiger partial charge on any atom is 0.456 e. The van der Waals surface area contributed by atoms with E-state index in [2.05, 4.69) is 4.74 Å². The van der Waals surface area contributed by atoms with Gasteiger partial charge < -0.3 is 9.47 Å². The largest absolute Gasteiger partial charge is 0.464 e. The lowest BCUT2D eigenvalue weighted by Gasteiger charge is -2.28. The van der Waals surface area contributed by atoms with Crippen LogP contribution < -0.4 is 0 Å². The van der Waals surface area contributed by atoms with Gasteiger partial charge in [-0.25, -0.2) is 0 Å². The zero-order valence-corrected chi connectivity index (χ0v) is 13.6. The zero-order valence-electron chi connectivity index (χ0n) is 13.6. The van der Waals surface area contributed by atoms with E-state index in [0.29, 0.717) is 0 Å². The summed E-state index contributed by atoms with van der Waals surface area (Å²) in [5, 5.41) is 0. The summed E-state index contributed by atoms with van der Waals surface area (Å²) in [7, 11) is 0. The van der Waals surface area contributed by atoms with Crippen LogP contribution in [0.2, 0.25) is 0 Å². The summed E-state index contributed by atoms with van der Waals surface area (Å²) in [5.74, 6) is -7.06. The second-order valence-electron chi connectivity index (χ2n) is 6.52. The van der Waals surface area contributed by atoms with Gasteiger partial charge in [0, 0.05) is 0 Å². The quantitative estimate of drug-likeness (QED) is 0.542. The van der Waals surface area contributed by atoms with Crippen LogP contribution in [0.5, 0.6) is 0 Å². The molecule has 0 fully saturated rings. The van der Waals surface area contributed by atoms with E-state index in [1.165, 1.54) is 13.8 Å². The molecule has 0 aliphatic carbocycles. The summed E-state index contributed by atoms with van der Waals surface area (Å²) in [6.07, 6.45) is -5.78. The molecule has 0 saturated heterocycles. The minimum absolute atomic E-state index is 0.0286. The maximum absolute atomic E-state index is 12.8. The van der Waals surface area contributed by atoms with Gasteiger partial charge in [-0.15, -0.1) is 0 Å². The van der Waals surface area contributed by atoms with Crippen molar-refractivity contribution in [1.82, 2.24) is 0 Å². The fourth-order valence-corrected chi connectivity index (χ4v) is 1.16. The molecule has 0 saturated carbocycles. The van der Waals surface area contributed by atoms with Crippen molar-refractivity contribution in [3.8, 4) is 0 Å². The fourth-order valence-electron chi connectivity index (χ4n) is 1.16. The number of hydrogen-bond donors (Lipinski definition) is 0. The number of ether oxygens (including phenoxy) is 2. The Balaban J connectivity index is 4.83. The van der Waals surface area contributed by atoms with Gasteiger partial charge in [-0.2, -0.15) is 22.0 Å². The van der Waals surface area contributed by atoms with E-state index in [4.69, 9.17) is 4.74 Å². The first kappa shape index (κ1) is 21.6. The third kappa shape index (κ3) is 5.95. The highest BCUT2D eigenvalue weighted by atomic mass is 19.4. The summed E-state index contributed by atoms with van der Waals surface area (Å²) < 4.78 is 70.7. The number of hydrogen-bond acceptors (Lipinski definition) is 4. The van der Waals surface area contributed by atoms with Crippen LogP contribution in [0.4, 0.5) is 22.0 Å². The Hall–Kier alpha value is -1.41. The molecule has 0 aromatic carbocycles. The molecule has 0 spiro atoms. The molecule has 0 heterocycles. The molecule has 0 aromatic rings. The molecule has 0 radical (unpaired) electrons. The van der Waals surface area contributed by atoms with E-state index in [9.17, 15) is 31.5 Å². The van der Waals surface area contributed by atoms with Crippen LogP contribution in [-0.4, -0.2) is 37.3 Å². The smallest absolute Gasteiger partial charge is 0.456 e. The first-order chi connectivity index (χ1) is 10.1. The van der Waals surface area contributed by atoms with Gasteiger partial charge in [0.15, 0.2) is 6.61 Å². The number of esters is 2. The van der Waals surface area contributed by atoms with E-state index in [1.54, 1.807) is 20.8 Å². The predicted molar refractivity (Wildman–Crippen MR) is 70.8 cm³/mol. The number of carbonyl (C=O) groups excluding carboxylic acids is 2. The average Bonchev–Trinajstić information content (AvgIpc) is 2.39. The van der Waals surface area contributed by atoms with Crippen LogP contribution in [-0.2, 0) is 19.1 Å². The second-order valence-corrected chi connectivity index (χ2v) is 6.52. The molecule has 0 N–H and O–H groups in total. The SMILES string of the molecule is CCC(C)(COC(=O)C(C)(C)C)C(=O)OCC(F)(F)C(F)(F)F. The zero-order chi connectivity index (χ0) is 18.7. The molecule has 4 nitrogen and oxygen atoms in total. The van der Waals surface area contributed by atoms with Crippen molar-refractivity contribution >= 4 is 11.9 Å². The van der Waals surface area contributed by atoms with Crippen LogP contribution in [0.25, 0.3) is 0 Å². The molecule has 0 bridgehead atoms. The monoisotopic (exact) mass is 348 g/mol. The van der Waals surface area contributed by atoms with Gasteiger partial charge in [0.25, 0.3) is 0 Å². The lowest BCUT2D eigenvalue weighted by Crippen LogP contribution is -2.44. The Bertz CT molecular complexity index is 439. The van der Waals surface area contributed by atoms with Crippen molar-refractivity contribution in [2.24, 2.45) is 10.8 Å². The number of carbonyl (C=O) groups is 2. The first-order valence-corrected chi connectivity index (χ1v) is 6.86. The standard InChI is InChI=1S/C14H21F5O4/c1-6-12(5,7-22-9(20)11(2,3)4)10(21)23-8-13(15,16)14(17,18)19/h6-8H2,1-5H3. The number of rotatable bonds is 6. The van der Waals surface area contributed by atoms with Crippen LogP contribution in [0, 0.1) is 10.8 Å². The van der Waals surface area contributed by atoms with E-state index in [0.717, 1.165) is 0 Å². The van der Waals surface area contributed by atoms with Crippen molar-refractivity contribution in [3.05, 3.63) is 0 Å². The van der Waals surface area contributed by atoms with Crippen LogP contribution >= 0.6 is 0 Å². The lowest BCUT2D eigenvalue weighted by molar-refractivity contribution is -0.295. The molecular formula is C14H21F5O4. The molecular weight excluding hydrogens is 327 g/mol. The molecule has 0 aromatic heterocycles. The van der Waals surface area contributed by atoms with E-state index < -0.39 is 48.1 Å². The third-order valence-electron chi connectivity index (χ3n) is 3.21. The minimum atomic E-state index is -5.81. The Labute approximate surface area is 131 Å². The second kappa shape index (κ2) is 7.00. The number of halogens is 5. The van der Waals surface area contributed by atoms with Crippen molar-refractivity contribution in [2.45, 2.75) is 53.1 Å². The highest BCUT2D eigenvalue weighted by Gasteiger charge is 2.58. The molecule has 1 unspecified atom stereocenters. The third-order valence-corrected chi connectivity index (χ3v) is 3.21. The van der Waals surface area contributed by atoms with Crippen LogP contribution in [0.3, 0.4) is 0 Å². The molecule has 136 valence electrons. The van der Waals surface area contributed by atoms with Crippen molar-refractivity contribution in [2.75, 3.05) is 13.2 Å². The average molecular weight is 348 g/mol. The first-order valence-electron chi connectivity index (χ1n) is 6.86. The van der Waals surface area contributed by atoms with Gasteiger partial charge in [0.1, 0.15) is 6.61 Å². The molecule has 0 aliphatic heterocycles. The Kier molecular flexibility index (Phi) is 6.57. The molecule has 9 heteroatoms. The summed E-state index contributed by atoms with van der Waals surface area (Å²) >= 11 is 0. The van der Waals surface area contributed by atoms with Gasteiger partial charge in [0.05, 0.1) is 10.8 Å². The molecule has 0 aliphatic rings. The Morgan fingerprint density at radius 1 is 0.826 bits per heavy atom. The Morgan fingerprint density at radius 3 is 1.61 bits per heavy atom. The van der Waals surface area contributed by atoms with Crippen molar-refractivity contribution in [3.63, 3.8) is 0 Å². The highest BCUT2D eigenvalue weighted by molar-refractivity contribution is 5.78. The molecule has 0 rings (SSSR count). The van der Waals surface area contributed by atoms with Crippen molar-refractivity contribution in [1.29, 1.82) is 0 Å². The lowest BCUT2D eigenvalue weighted by atomic mass is 9.88. The van der Waals surface area contributed by atoms with Crippen LogP contribution in [0.1, 0.15) is 41.0 Å². The topological polar surface area (TPSA) is 52.6 Å². The Morgan fingerprint density at radius 2 is 1.26 bits per heavy atom. The van der Waals surface area contributed by atoms with Crippen molar-refractivity contribution < 1.29 is 41.0 Å². The summed E-state index contributed by atoms with van der Waals surface area (Å²) in [6, 6.07) is 0. The minimum Gasteiger partial charge on any atom is -0.464 e. The summed E-state index contributed by atoms with van der Waals surface area (Å²) in [5.41, 5.74) is -2.36. The predicted octanol–water partition coefficient (Wildman–Crippen LogP) is 3.73. The van der Waals surface area contributed by atoms with E-state index >= 15 is 0 Å². The van der Waals surface area contributed by atoms with E-state index in [1.807, 2.05) is 0 Å². The maximum atomic E-state index is 12.8. The number of alkyl halides is 5. The fraction of sp³-hybridized carbons (Fsp3) is 0.857. The highest BCUT2D eigenvalue weighted by Crippen LogP contribution is 2.36. The van der Waals surface area contributed by atoms with Gasteiger partial charge in [-0.3, -0.25) is 9.59 Å². The summed E-state index contributed by atoms with van der Waals surface area (Å²) in [6.45, 7) is 4.88. The van der Waals surface area contributed by atoms with Gasteiger partial charge >= 0.3 is 24.0 Å². The molecule has 1 atom stereocenters. The van der Waals surface area contributed by atoms with Crippen LogP contribution in [0.15, 0.2) is 0 Å². The normalized spacial score (nSPS) is 15.7. The molecule has 23 heavy (non-hydrogen) atoms. The summed E-state index contributed by atoms with van der Waals surface area (Å²) in [4.78, 5) is 23.5. The van der Waals surface area contributed by atoms with E-state index in [-0.39, 0.29) is 6.42 Å². The van der Waals surface area contributed by atoms with Gasteiger partial charge in [-0.1, -0.05) is 6.92 Å². The van der Waals surface area contributed by atoms with Gasteiger partial charge in [0.2, 0.25) is 0 Å². The van der Waals surface area contributed by atoms with Gasteiger partial charge in [-0.05, 0) is 34.1 Å².